The fourth-order valence-corrected chi connectivity index (χ4v) is 6.42. The molecule has 0 atom stereocenters. The zero-order chi connectivity index (χ0) is 28.2. The van der Waals surface area contributed by atoms with Crippen LogP contribution in [0.3, 0.4) is 0 Å². The summed E-state index contributed by atoms with van der Waals surface area (Å²) < 4.78 is 4.45. The molecule has 0 amide bonds. The second kappa shape index (κ2) is 9.24. The maximum Gasteiger partial charge on any atom is 0.101 e. The highest BCUT2D eigenvalue weighted by Gasteiger charge is 2.23. The summed E-state index contributed by atoms with van der Waals surface area (Å²) >= 11 is 0. The van der Waals surface area contributed by atoms with Crippen molar-refractivity contribution in [2.45, 2.75) is 0 Å². The average molecular weight is 535 g/mol. The molecule has 0 spiro atoms. The minimum Gasteiger partial charge on any atom is -0.307 e. The lowest BCUT2D eigenvalue weighted by Crippen LogP contribution is -2.03. The molecule has 0 aliphatic rings. The highest BCUT2D eigenvalue weighted by atomic mass is 15.0. The average Bonchev–Trinajstić information content (AvgIpc) is 3.58. The van der Waals surface area contributed by atoms with Gasteiger partial charge in [-0.3, -0.25) is 0 Å². The van der Waals surface area contributed by atoms with Gasteiger partial charge in [-0.25, -0.2) is 0 Å². The Balaban J connectivity index is 1.61. The largest absolute Gasteiger partial charge is 0.307 e. The zero-order valence-electron chi connectivity index (χ0n) is 22.5. The van der Waals surface area contributed by atoms with E-state index in [1.54, 1.807) is 18.2 Å². The summed E-state index contributed by atoms with van der Waals surface area (Å²) in [6.45, 7) is 0. The Morgan fingerprint density at radius 3 is 1.60 bits per heavy atom. The first-order chi connectivity index (χ1) is 20.8. The third kappa shape index (κ3) is 3.33. The number of hydrogen-bond donors (Lipinski definition) is 0. The van der Waals surface area contributed by atoms with Crippen LogP contribution in [0.15, 0.2) is 133 Å². The van der Waals surface area contributed by atoms with Crippen LogP contribution in [0, 0.1) is 22.7 Å². The van der Waals surface area contributed by atoms with E-state index in [9.17, 15) is 10.5 Å². The Kier molecular flexibility index (Phi) is 5.22. The Hall–Kier alpha value is -6.10. The number of para-hydroxylation sites is 3. The van der Waals surface area contributed by atoms with Gasteiger partial charge in [0.2, 0.25) is 0 Å². The molecule has 4 nitrogen and oxygen atoms in total. The number of nitrogens with zero attached hydrogens (tertiary/aromatic N) is 4. The van der Waals surface area contributed by atoms with E-state index in [0.29, 0.717) is 16.8 Å². The van der Waals surface area contributed by atoms with E-state index < -0.39 is 0 Å². The lowest BCUT2D eigenvalue weighted by Gasteiger charge is -2.15. The monoisotopic (exact) mass is 534 g/mol. The molecule has 0 bridgehead atoms. The number of benzene rings is 6. The maximum atomic E-state index is 10.2. The highest BCUT2D eigenvalue weighted by molar-refractivity contribution is 6.24. The predicted octanol–water partition coefficient (Wildman–Crippen LogP) is 9.29. The minimum absolute atomic E-state index is 0.461. The van der Waals surface area contributed by atoms with Crippen LogP contribution in [-0.2, 0) is 0 Å². The van der Waals surface area contributed by atoms with Gasteiger partial charge in [0.05, 0.1) is 38.9 Å². The quantitative estimate of drug-likeness (QED) is 0.227. The van der Waals surface area contributed by atoms with Crippen LogP contribution in [0.25, 0.3) is 66.1 Å². The maximum absolute atomic E-state index is 10.2. The SMILES string of the molecule is N#Cc1cccc(C#N)c1-n1c2ccccc2c2ccc3c4ccccc4n(-c4cccc(-c5ccccc5)c4)c3c21. The lowest BCUT2D eigenvalue weighted by atomic mass is 10.1. The standard InChI is InChI=1S/C38H22N4/c39-23-27-13-8-14-28(24-40)36(27)42-35-19-7-5-17-31(35)33-21-20-32-30-16-4-6-18-34(30)41(37(32)38(33)42)29-15-9-12-26(22-29)25-10-2-1-3-11-25/h1-22H. The molecule has 194 valence electrons. The first-order valence-electron chi connectivity index (χ1n) is 13.8. The van der Waals surface area contributed by atoms with Crippen LogP contribution in [0.4, 0.5) is 0 Å². The number of aromatic nitrogens is 2. The highest BCUT2D eigenvalue weighted by Crippen LogP contribution is 2.42. The normalized spacial score (nSPS) is 11.3. The van der Waals surface area contributed by atoms with Gasteiger partial charge < -0.3 is 9.13 Å². The second-order valence-corrected chi connectivity index (χ2v) is 10.4. The Labute approximate surface area is 242 Å². The van der Waals surface area contributed by atoms with Crippen LogP contribution >= 0.6 is 0 Å². The third-order valence-corrected chi connectivity index (χ3v) is 8.18. The van der Waals surface area contributed by atoms with Crippen molar-refractivity contribution >= 4 is 43.6 Å². The Morgan fingerprint density at radius 1 is 0.429 bits per heavy atom. The van der Waals surface area contributed by atoms with E-state index in [1.165, 1.54) is 0 Å². The Bertz CT molecular complexity index is 2400. The number of fused-ring (bicyclic) bond motifs is 7. The molecule has 0 saturated heterocycles. The molecule has 42 heavy (non-hydrogen) atoms. The van der Waals surface area contributed by atoms with Gasteiger partial charge in [-0.15, -0.1) is 0 Å². The van der Waals surface area contributed by atoms with Crippen molar-refractivity contribution in [3.63, 3.8) is 0 Å². The molecule has 0 fully saturated rings. The molecule has 8 rings (SSSR count). The van der Waals surface area contributed by atoms with Gasteiger partial charge in [-0.05, 0) is 47.5 Å². The van der Waals surface area contributed by atoms with Gasteiger partial charge in [-0.1, -0.05) is 97.1 Å². The van der Waals surface area contributed by atoms with Gasteiger partial charge in [0, 0.05) is 27.2 Å². The van der Waals surface area contributed by atoms with Crippen molar-refractivity contribution in [2.24, 2.45) is 0 Å². The molecule has 0 aliphatic heterocycles. The number of hydrogen-bond acceptors (Lipinski definition) is 2. The van der Waals surface area contributed by atoms with Gasteiger partial charge >= 0.3 is 0 Å². The molecule has 6 aromatic carbocycles. The van der Waals surface area contributed by atoms with E-state index in [-0.39, 0.29) is 0 Å². The molecule has 0 N–H and O–H groups in total. The van der Waals surface area contributed by atoms with Gasteiger partial charge in [0.1, 0.15) is 12.1 Å². The van der Waals surface area contributed by atoms with E-state index in [0.717, 1.165) is 60.4 Å². The Morgan fingerprint density at radius 2 is 0.952 bits per heavy atom. The molecule has 4 heteroatoms. The topological polar surface area (TPSA) is 57.4 Å². The summed E-state index contributed by atoms with van der Waals surface area (Å²) in [5, 5.41) is 24.8. The van der Waals surface area contributed by atoms with Crippen molar-refractivity contribution in [1.29, 1.82) is 10.5 Å². The lowest BCUT2D eigenvalue weighted by molar-refractivity contribution is 1.14. The van der Waals surface area contributed by atoms with Crippen LogP contribution in [0.5, 0.6) is 0 Å². The minimum atomic E-state index is 0.461. The third-order valence-electron chi connectivity index (χ3n) is 8.18. The van der Waals surface area contributed by atoms with Crippen LogP contribution in [-0.4, -0.2) is 9.13 Å². The van der Waals surface area contributed by atoms with Crippen molar-refractivity contribution in [3.05, 3.63) is 145 Å². The van der Waals surface area contributed by atoms with E-state index in [1.807, 2.05) is 18.2 Å². The van der Waals surface area contributed by atoms with Gasteiger partial charge in [-0.2, -0.15) is 10.5 Å². The van der Waals surface area contributed by atoms with E-state index >= 15 is 0 Å². The smallest absolute Gasteiger partial charge is 0.101 e. The summed E-state index contributed by atoms with van der Waals surface area (Å²) in [5.41, 5.74) is 8.90. The molecule has 2 aromatic heterocycles. The van der Waals surface area contributed by atoms with Crippen molar-refractivity contribution in [3.8, 4) is 34.6 Å². The van der Waals surface area contributed by atoms with Crippen molar-refractivity contribution < 1.29 is 0 Å². The summed E-state index contributed by atoms with van der Waals surface area (Å²) in [4.78, 5) is 0. The molecule has 0 saturated carbocycles. The fraction of sp³-hybridized carbons (Fsp3) is 0. The fourth-order valence-electron chi connectivity index (χ4n) is 6.42. The first kappa shape index (κ1) is 23.8. The van der Waals surface area contributed by atoms with Gasteiger partial charge in [0.25, 0.3) is 0 Å². The van der Waals surface area contributed by atoms with E-state index in [4.69, 9.17) is 0 Å². The molecule has 0 radical (unpaired) electrons. The van der Waals surface area contributed by atoms with Gasteiger partial charge in [0.15, 0.2) is 0 Å². The van der Waals surface area contributed by atoms with E-state index in [2.05, 4.69) is 118 Å². The molecule has 8 aromatic rings. The molecule has 2 heterocycles. The summed E-state index contributed by atoms with van der Waals surface area (Å²) in [6, 6.07) is 50.2. The number of rotatable bonds is 3. The molecular formula is C38H22N4. The van der Waals surface area contributed by atoms with Crippen molar-refractivity contribution in [2.75, 3.05) is 0 Å². The summed E-state index contributed by atoms with van der Waals surface area (Å²) in [5.74, 6) is 0. The first-order valence-corrected chi connectivity index (χ1v) is 13.8. The zero-order valence-corrected chi connectivity index (χ0v) is 22.5. The predicted molar refractivity (Wildman–Crippen MR) is 170 cm³/mol. The number of nitriles is 2. The van der Waals surface area contributed by atoms with Crippen LogP contribution in [0.2, 0.25) is 0 Å². The molecule has 0 unspecified atom stereocenters. The van der Waals surface area contributed by atoms with Crippen LogP contribution in [0.1, 0.15) is 11.1 Å². The van der Waals surface area contributed by atoms with Crippen molar-refractivity contribution in [1.82, 2.24) is 9.13 Å². The van der Waals surface area contributed by atoms with Crippen LogP contribution < -0.4 is 0 Å². The molecule has 0 aliphatic carbocycles. The summed E-state index contributed by atoms with van der Waals surface area (Å²) in [7, 11) is 0. The summed E-state index contributed by atoms with van der Waals surface area (Å²) in [6.07, 6.45) is 0. The second-order valence-electron chi connectivity index (χ2n) is 10.4. The molecular weight excluding hydrogens is 512 g/mol.